The Morgan fingerprint density at radius 1 is 1.06 bits per heavy atom. The zero-order chi connectivity index (χ0) is 33.5. The predicted molar refractivity (Wildman–Crippen MR) is 165 cm³/mol. The van der Waals surface area contributed by atoms with Gasteiger partial charge in [0.1, 0.15) is 35.8 Å². The number of ether oxygens (including phenoxy) is 3. The number of alkyl halides is 1. The third kappa shape index (κ3) is 5.46. The van der Waals surface area contributed by atoms with E-state index in [1.54, 1.807) is 0 Å². The number of nitrogens with zero attached hydrogens (tertiary/aromatic N) is 7. The molecule has 0 spiro atoms. The molecule has 7 rings (SSSR count). The normalized spacial score (nSPS) is 38.2. The molecule has 3 saturated heterocycles. The molecule has 0 aliphatic carbocycles. The third-order valence-electron chi connectivity index (χ3n) is 8.09. The van der Waals surface area contributed by atoms with Crippen LogP contribution in [-0.4, -0.2) is 96.1 Å². The summed E-state index contributed by atoms with van der Waals surface area (Å²) in [6, 6.07) is 0. The second kappa shape index (κ2) is 11.4. The molecule has 3 fully saturated rings. The Bertz CT molecular complexity index is 2040. The van der Waals surface area contributed by atoms with Crippen LogP contribution in [0.15, 0.2) is 23.8 Å². The molecule has 2 unspecified atom stereocenters. The highest BCUT2D eigenvalue weighted by molar-refractivity contribution is 8.44. The summed E-state index contributed by atoms with van der Waals surface area (Å²) in [6.45, 7) is -8.94. The van der Waals surface area contributed by atoms with E-state index < -0.39 is 74.4 Å². The standard InChI is InChI=1S/C22H27FN10O10P2S2/c1-21-4-40-45(36,47)42-13-10(23)9(41-18(13)32-7-28-12-16(32)30-20(25)31-17(12)34)3-39-44(35,46)43-19(21)22(37-2,5-38-21)33-8-29-11-14(24)26-6-27-15(11)33/h6-10,13,18-19H,3-5H2,1-2H3,(H,35,46)(H,36,47)(H2,24,26,27)(H3,25,30,31,34)/t9-,10-,13+,18-,19-,21-,22-,44?,45?/m1/s1. The molecule has 0 saturated carbocycles. The average Bonchev–Trinajstić information content (AvgIpc) is 3.76. The van der Waals surface area contributed by atoms with Gasteiger partial charge in [-0.05, 0) is 6.92 Å². The topological polar surface area (TPSA) is 258 Å². The number of nitrogen functional groups attached to an aromatic ring is 2. The molecule has 254 valence electrons. The van der Waals surface area contributed by atoms with E-state index in [1.165, 1.54) is 35.8 Å². The Morgan fingerprint density at radius 3 is 2.57 bits per heavy atom. The van der Waals surface area contributed by atoms with Crippen molar-refractivity contribution in [1.82, 2.24) is 39.0 Å². The summed E-state index contributed by atoms with van der Waals surface area (Å²) in [5, 5.41) is 0. The van der Waals surface area contributed by atoms with Gasteiger partial charge in [-0.15, -0.1) is 0 Å². The van der Waals surface area contributed by atoms with Crippen molar-refractivity contribution in [2.45, 2.75) is 49.0 Å². The molecular formula is C22H27FN10O10P2S2. The Labute approximate surface area is 273 Å². The third-order valence-corrected chi connectivity index (χ3v) is 11.3. The molecule has 3 aliphatic rings. The maximum absolute atomic E-state index is 16.0. The number of halogens is 1. The lowest BCUT2D eigenvalue weighted by Crippen LogP contribution is -2.54. The maximum atomic E-state index is 16.0. The van der Waals surface area contributed by atoms with Crippen LogP contribution in [0.1, 0.15) is 13.2 Å². The highest BCUT2D eigenvalue weighted by atomic mass is 32.7. The van der Waals surface area contributed by atoms with Gasteiger partial charge in [-0.25, -0.2) is 33.5 Å². The van der Waals surface area contributed by atoms with E-state index in [-0.39, 0.29) is 40.7 Å². The van der Waals surface area contributed by atoms with Crippen molar-refractivity contribution in [1.29, 1.82) is 0 Å². The van der Waals surface area contributed by atoms with E-state index in [2.05, 4.69) is 54.4 Å². The second-order valence-corrected chi connectivity index (χ2v) is 16.8. The Morgan fingerprint density at radius 2 is 1.81 bits per heavy atom. The quantitative estimate of drug-likeness (QED) is 0.147. The number of methoxy groups -OCH3 is 1. The molecule has 3 aliphatic heterocycles. The van der Waals surface area contributed by atoms with Gasteiger partial charge in [-0.2, -0.15) is 4.98 Å². The zero-order valence-corrected chi connectivity index (χ0v) is 27.9. The lowest BCUT2D eigenvalue weighted by molar-refractivity contribution is -0.139. The van der Waals surface area contributed by atoms with Crippen molar-refractivity contribution in [2.24, 2.45) is 0 Å². The fraction of sp³-hybridized carbons (Fsp3) is 0.545. The van der Waals surface area contributed by atoms with E-state index in [4.69, 9.17) is 43.8 Å². The molecule has 47 heavy (non-hydrogen) atoms. The van der Waals surface area contributed by atoms with Crippen molar-refractivity contribution in [3.8, 4) is 0 Å². The molecule has 20 nitrogen and oxygen atoms in total. The van der Waals surface area contributed by atoms with Crippen LogP contribution in [-0.2, 0) is 47.2 Å². The van der Waals surface area contributed by atoms with Crippen LogP contribution >= 0.6 is 38.1 Å². The molecule has 4 aromatic rings. The van der Waals surface area contributed by atoms with Gasteiger partial charge in [-0.3, -0.25) is 37.0 Å². The number of thiol groups is 2. The van der Waals surface area contributed by atoms with Gasteiger partial charge in [-0.1, -0.05) is 24.5 Å². The molecule has 25 heteroatoms. The average molecular weight is 737 g/mol. The van der Waals surface area contributed by atoms with Crippen LogP contribution in [0.5, 0.6) is 0 Å². The number of rotatable bonds is 3. The predicted octanol–water partition coefficient (Wildman–Crippen LogP) is 1.34. The minimum atomic E-state index is -4.47. The monoisotopic (exact) mass is 736 g/mol. The van der Waals surface area contributed by atoms with Crippen molar-refractivity contribution < 1.29 is 45.8 Å². The van der Waals surface area contributed by atoms with Crippen molar-refractivity contribution in [3.05, 3.63) is 29.3 Å². The Hall–Kier alpha value is -2.69. The fourth-order valence-electron chi connectivity index (χ4n) is 5.82. The first kappa shape index (κ1) is 32.8. The number of H-pyrrole nitrogens is 1. The number of anilines is 2. The van der Waals surface area contributed by atoms with Gasteiger partial charge in [0.25, 0.3) is 5.56 Å². The number of hydrogen-bond acceptors (Lipinski definition) is 17. The van der Waals surface area contributed by atoms with Crippen LogP contribution in [0.3, 0.4) is 0 Å². The van der Waals surface area contributed by atoms with Gasteiger partial charge in [0.2, 0.25) is 11.7 Å². The molecule has 9 atom stereocenters. The maximum Gasteiger partial charge on any atom is 0.386 e. The van der Waals surface area contributed by atoms with Crippen LogP contribution in [0, 0.1) is 0 Å². The summed E-state index contributed by atoms with van der Waals surface area (Å²) in [5.74, 6) is -0.165. The first-order valence-electron chi connectivity index (χ1n) is 13.6. The summed E-state index contributed by atoms with van der Waals surface area (Å²) < 4.78 is 87.1. The van der Waals surface area contributed by atoms with Gasteiger partial charge in [0, 0.05) is 7.11 Å². The van der Waals surface area contributed by atoms with Crippen LogP contribution in [0.25, 0.3) is 22.3 Å². The van der Waals surface area contributed by atoms with Gasteiger partial charge in [0.05, 0.1) is 32.5 Å². The molecule has 5 N–H and O–H groups in total. The van der Waals surface area contributed by atoms with Crippen molar-refractivity contribution in [2.75, 3.05) is 38.4 Å². The highest BCUT2D eigenvalue weighted by Crippen LogP contribution is 2.62. The highest BCUT2D eigenvalue weighted by Gasteiger charge is 2.63. The lowest BCUT2D eigenvalue weighted by Gasteiger charge is -2.39. The number of aromatic amines is 1. The molecule has 0 aromatic carbocycles. The molecule has 0 radical (unpaired) electrons. The van der Waals surface area contributed by atoms with Gasteiger partial charge < -0.3 is 25.7 Å². The van der Waals surface area contributed by atoms with E-state index in [9.17, 15) is 13.9 Å². The molecule has 0 amide bonds. The molecule has 4 aromatic heterocycles. The summed E-state index contributed by atoms with van der Waals surface area (Å²) in [5.41, 5.74) is 8.00. The number of imidazole rings is 2. The SMILES string of the molecule is CO[C@]1(n2cnc3c(N)ncnc32)CO[C@]2(C)COP(=O)(S)O[C@H]3[C@H](F)[C@@H](COP(=O)(S)O[C@H]21)O[C@H]3n1cnc2c(=O)[nH]c(N)nc21. The van der Waals surface area contributed by atoms with Crippen LogP contribution in [0.2, 0.25) is 0 Å². The number of fused-ring (bicyclic) bond motifs is 5. The van der Waals surface area contributed by atoms with Gasteiger partial charge in [0.15, 0.2) is 35.0 Å². The first-order valence-corrected chi connectivity index (χ1v) is 19.0. The van der Waals surface area contributed by atoms with E-state index >= 15 is 4.39 Å². The molecule has 7 heterocycles. The number of nitrogens with two attached hydrogens (primary N) is 2. The lowest BCUT2D eigenvalue weighted by atomic mass is 9.94. The minimum absolute atomic E-state index is 0.0810. The summed E-state index contributed by atoms with van der Waals surface area (Å²) >= 11 is 8.28. The first-order chi connectivity index (χ1) is 22.2. The van der Waals surface area contributed by atoms with Gasteiger partial charge >= 0.3 is 13.6 Å². The Balaban J connectivity index is 1.27. The van der Waals surface area contributed by atoms with Crippen molar-refractivity contribution in [3.63, 3.8) is 0 Å². The summed E-state index contributed by atoms with van der Waals surface area (Å²) in [7, 11) is 1.34. The number of hydrogen-bond donors (Lipinski definition) is 5. The van der Waals surface area contributed by atoms with Crippen LogP contribution < -0.4 is 17.0 Å². The van der Waals surface area contributed by atoms with E-state index in [0.29, 0.717) is 0 Å². The number of aromatic nitrogens is 8. The second-order valence-electron chi connectivity index (χ2n) is 11.0. The largest absolute Gasteiger partial charge is 0.386 e. The van der Waals surface area contributed by atoms with Crippen LogP contribution in [0.4, 0.5) is 16.2 Å². The molecular weight excluding hydrogens is 709 g/mol. The van der Waals surface area contributed by atoms with E-state index in [1.807, 2.05) is 0 Å². The number of nitrogens with one attached hydrogen (secondary N) is 1. The smallest absolute Gasteiger partial charge is 0.382 e. The summed E-state index contributed by atoms with van der Waals surface area (Å²) in [4.78, 5) is 35.2. The summed E-state index contributed by atoms with van der Waals surface area (Å²) in [6.07, 6.45) is -4.41. The van der Waals surface area contributed by atoms with E-state index in [0.717, 1.165) is 6.33 Å². The Kier molecular flexibility index (Phi) is 8.00. The minimum Gasteiger partial charge on any atom is -0.382 e. The zero-order valence-electron chi connectivity index (χ0n) is 24.3. The fourth-order valence-corrected chi connectivity index (χ4v) is 8.86. The van der Waals surface area contributed by atoms with Crippen molar-refractivity contribution >= 4 is 72.2 Å². The molecule has 2 bridgehead atoms.